The molecule has 84 valence electrons. The molecule has 0 saturated carbocycles. The Morgan fingerprint density at radius 1 is 1.43 bits per heavy atom. The van der Waals surface area contributed by atoms with Gasteiger partial charge in [0.15, 0.2) is 13.1 Å². The molecule has 0 aromatic rings. The maximum atomic E-state index is 6.00. The van der Waals surface area contributed by atoms with Crippen LogP contribution in [0.1, 0.15) is 26.2 Å². The van der Waals surface area contributed by atoms with Crippen LogP contribution in [0.4, 0.5) is 0 Å². The number of nitrogens with two attached hydrogens (primary N) is 2. The predicted molar refractivity (Wildman–Crippen MR) is 53.4 cm³/mol. The Labute approximate surface area is 83.9 Å². The summed E-state index contributed by atoms with van der Waals surface area (Å²) in [6, 6.07) is 0. The van der Waals surface area contributed by atoms with Crippen molar-refractivity contribution < 1.29 is 9.57 Å². The molecule has 0 atom stereocenters. The topological polar surface area (TPSA) is 119 Å². The number of nitrogens with zero attached hydrogens (tertiary/aromatic N) is 2. The highest BCUT2D eigenvalue weighted by molar-refractivity contribution is 5.52. The van der Waals surface area contributed by atoms with Gasteiger partial charge >= 0.3 is 0 Å². The lowest BCUT2D eigenvalue weighted by Gasteiger charge is -1.99. The SMILES string of the molecule is CCCCCOCON.N=NC=NN. The van der Waals surface area contributed by atoms with E-state index in [1.165, 1.54) is 12.8 Å². The first-order chi connectivity index (χ1) is 6.83. The molecular weight excluding hydrogens is 186 g/mol. The summed E-state index contributed by atoms with van der Waals surface area (Å²) in [7, 11) is 0. The van der Waals surface area contributed by atoms with E-state index in [0.29, 0.717) is 0 Å². The normalized spacial score (nSPS) is 9.57. The first kappa shape index (κ1) is 15.4. The molecule has 0 unspecified atom stereocenters. The van der Waals surface area contributed by atoms with Gasteiger partial charge in [-0.05, 0) is 6.42 Å². The third kappa shape index (κ3) is 22.4. The lowest BCUT2D eigenvalue weighted by molar-refractivity contribution is -0.0562. The summed E-state index contributed by atoms with van der Waals surface area (Å²) in [6.07, 6.45) is 4.47. The summed E-state index contributed by atoms with van der Waals surface area (Å²) in [5.41, 5.74) is 6.00. The van der Waals surface area contributed by atoms with Crippen molar-refractivity contribution in [3.05, 3.63) is 0 Å². The molecule has 7 nitrogen and oxygen atoms in total. The van der Waals surface area contributed by atoms with Gasteiger partial charge in [0, 0.05) is 6.61 Å². The molecule has 0 bridgehead atoms. The summed E-state index contributed by atoms with van der Waals surface area (Å²) in [4.78, 5) is 4.20. The van der Waals surface area contributed by atoms with Crippen molar-refractivity contribution in [2.45, 2.75) is 26.2 Å². The van der Waals surface area contributed by atoms with Gasteiger partial charge in [-0.25, -0.2) is 11.4 Å². The molecule has 0 aliphatic heterocycles. The quantitative estimate of drug-likeness (QED) is 0.109. The number of ether oxygens (including phenoxy) is 1. The van der Waals surface area contributed by atoms with Crippen LogP contribution >= 0.6 is 0 Å². The van der Waals surface area contributed by atoms with E-state index in [9.17, 15) is 0 Å². The zero-order chi connectivity index (χ0) is 11.1. The average molecular weight is 205 g/mol. The largest absolute Gasteiger partial charge is 0.354 e. The fourth-order valence-corrected chi connectivity index (χ4v) is 0.594. The van der Waals surface area contributed by atoms with Gasteiger partial charge in [0.05, 0.1) is 0 Å². The van der Waals surface area contributed by atoms with Crippen LogP contribution in [-0.4, -0.2) is 19.7 Å². The molecule has 0 radical (unpaired) electrons. The van der Waals surface area contributed by atoms with Crippen molar-refractivity contribution in [3.63, 3.8) is 0 Å². The van der Waals surface area contributed by atoms with Gasteiger partial charge in [-0.15, -0.1) is 5.11 Å². The molecule has 0 amide bonds. The van der Waals surface area contributed by atoms with E-state index in [2.05, 4.69) is 27.8 Å². The Balaban J connectivity index is 0. The summed E-state index contributed by atoms with van der Waals surface area (Å²) in [5.74, 6) is 9.21. The van der Waals surface area contributed by atoms with E-state index < -0.39 is 0 Å². The van der Waals surface area contributed by atoms with Gasteiger partial charge in [-0.2, -0.15) is 5.10 Å². The third-order valence-corrected chi connectivity index (χ3v) is 1.17. The maximum Gasteiger partial charge on any atom is 0.166 e. The second kappa shape index (κ2) is 17.9. The molecule has 5 N–H and O–H groups in total. The zero-order valence-corrected chi connectivity index (χ0v) is 8.48. The Morgan fingerprint density at radius 3 is 2.50 bits per heavy atom. The minimum absolute atomic E-state index is 0.212. The molecule has 14 heavy (non-hydrogen) atoms. The van der Waals surface area contributed by atoms with Crippen LogP contribution in [0, 0.1) is 5.53 Å². The number of hydrogen-bond donors (Lipinski definition) is 3. The minimum atomic E-state index is 0.212. The van der Waals surface area contributed by atoms with Crippen LogP contribution in [0.5, 0.6) is 0 Å². The Bertz CT molecular complexity index is 125. The van der Waals surface area contributed by atoms with E-state index in [-0.39, 0.29) is 6.79 Å². The smallest absolute Gasteiger partial charge is 0.166 e. The monoisotopic (exact) mass is 205 g/mol. The van der Waals surface area contributed by atoms with Crippen molar-refractivity contribution in [3.8, 4) is 0 Å². The highest BCUT2D eigenvalue weighted by Gasteiger charge is 1.85. The summed E-state index contributed by atoms with van der Waals surface area (Å²) in [5, 5.41) is 5.56. The van der Waals surface area contributed by atoms with Crippen molar-refractivity contribution in [2.75, 3.05) is 13.4 Å². The Morgan fingerprint density at radius 2 is 2.14 bits per heavy atom. The van der Waals surface area contributed by atoms with Crippen LogP contribution in [-0.2, 0) is 9.57 Å². The number of nitrogens with one attached hydrogen (secondary N) is 1. The van der Waals surface area contributed by atoms with Crippen LogP contribution in [0.25, 0.3) is 0 Å². The first-order valence-electron chi connectivity index (χ1n) is 4.31. The van der Waals surface area contributed by atoms with E-state index >= 15 is 0 Å². The van der Waals surface area contributed by atoms with Crippen molar-refractivity contribution in [1.29, 1.82) is 5.53 Å². The number of hydrazone groups is 1. The highest BCUT2D eigenvalue weighted by atomic mass is 16.7. The average Bonchev–Trinajstić information content (AvgIpc) is 2.20. The molecule has 0 aromatic carbocycles. The molecule has 7 heteroatoms. The van der Waals surface area contributed by atoms with Crippen LogP contribution < -0.4 is 11.7 Å². The Kier molecular flexibility index (Phi) is 19.7. The molecule has 0 saturated heterocycles. The predicted octanol–water partition coefficient (Wildman–Crippen LogP) is 0.960. The summed E-state index contributed by atoms with van der Waals surface area (Å²) >= 11 is 0. The van der Waals surface area contributed by atoms with Crippen molar-refractivity contribution in [1.82, 2.24) is 0 Å². The van der Waals surface area contributed by atoms with Gasteiger partial charge in [-0.1, -0.05) is 19.8 Å². The molecule has 0 aliphatic rings. The minimum Gasteiger partial charge on any atom is -0.354 e. The van der Waals surface area contributed by atoms with Gasteiger partial charge in [-0.3, -0.25) is 4.84 Å². The molecule has 0 heterocycles. The van der Waals surface area contributed by atoms with E-state index in [1.54, 1.807) is 0 Å². The molecule has 0 aliphatic carbocycles. The maximum absolute atomic E-state index is 6.00. The third-order valence-electron chi connectivity index (χ3n) is 1.17. The summed E-state index contributed by atoms with van der Waals surface area (Å²) < 4.78 is 4.94. The van der Waals surface area contributed by atoms with Gasteiger partial charge < -0.3 is 10.6 Å². The fraction of sp³-hybridized carbons (Fsp3) is 0.857. The lowest BCUT2D eigenvalue weighted by Crippen LogP contribution is -2.05. The standard InChI is InChI=1S/C6H15NO2.CH4N4/c1-2-3-4-5-8-6-9-7;2-4-1-5-3/h2-7H2,1H3;1-2H,3H2. The van der Waals surface area contributed by atoms with Crippen LogP contribution in [0.3, 0.4) is 0 Å². The molecule has 0 spiro atoms. The second-order valence-corrected chi connectivity index (χ2v) is 2.29. The fourth-order valence-electron chi connectivity index (χ4n) is 0.594. The van der Waals surface area contributed by atoms with E-state index in [1.807, 2.05) is 0 Å². The first-order valence-corrected chi connectivity index (χ1v) is 4.31. The van der Waals surface area contributed by atoms with Gasteiger partial charge in [0.2, 0.25) is 0 Å². The molecule has 0 aromatic heterocycles. The van der Waals surface area contributed by atoms with Gasteiger partial charge in [0.1, 0.15) is 0 Å². The van der Waals surface area contributed by atoms with Crippen molar-refractivity contribution in [2.24, 2.45) is 22.0 Å². The number of hydrogen-bond acceptors (Lipinski definition) is 6. The van der Waals surface area contributed by atoms with E-state index in [4.69, 9.17) is 16.2 Å². The lowest BCUT2D eigenvalue weighted by atomic mass is 10.3. The van der Waals surface area contributed by atoms with Crippen LogP contribution in [0.15, 0.2) is 10.2 Å². The second-order valence-electron chi connectivity index (χ2n) is 2.29. The number of unbranched alkanes of at least 4 members (excludes halogenated alkanes) is 2. The van der Waals surface area contributed by atoms with E-state index in [0.717, 1.165) is 19.4 Å². The zero-order valence-electron chi connectivity index (χ0n) is 8.48. The number of rotatable bonds is 7. The molecular formula is C7H19N5O2. The van der Waals surface area contributed by atoms with Gasteiger partial charge in [0.25, 0.3) is 0 Å². The van der Waals surface area contributed by atoms with Crippen molar-refractivity contribution >= 4 is 6.34 Å². The molecule has 0 fully saturated rings. The van der Waals surface area contributed by atoms with Crippen LogP contribution in [0.2, 0.25) is 0 Å². The highest BCUT2D eigenvalue weighted by Crippen LogP contribution is 1.93. The Hall–Kier alpha value is -1.05. The summed E-state index contributed by atoms with van der Waals surface area (Å²) in [6.45, 7) is 3.12. The molecule has 0 rings (SSSR count).